The third-order valence-corrected chi connectivity index (χ3v) is 6.02. The fourth-order valence-corrected chi connectivity index (χ4v) is 4.51. The van der Waals surface area contributed by atoms with Crippen molar-refractivity contribution in [3.8, 4) is 0 Å². The van der Waals surface area contributed by atoms with E-state index in [2.05, 4.69) is 29.9 Å². The summed E-state index contributed by atoms with van der Waals surface area (Å²) >= 11 is 0. The monoisotopic (exact) mass is 474 g/mol. The first-order valence-electron chi connectivity index (χ1n) is 11.5. The molecule has 0 fully saturated rings. The fraction of sp³-hybridized carbons (Fsp3) is 0.560. The maximum atomic E-state index is 13.4. The maximum Gasteiger partial charge on any atom is 0.257 e. The molecule has 3 rings (SSSR count). The van der Waals surface area contributed by atoms with Crippen LogP contribution in [0.1, 0.15) is 110 Å². The van der Waals surface area contributed by atoms with Crippen LogP contribution in [-0.2, 0) is 19.5 Å². The topological polar surface area (TPSA) is 43.0 Å². The van der Waals surface area contributed by atoms with Crippen molar-refractivity contribution >= 4 is 11.6 Å². The second-order valence-electron chi connectivity index (χ2n) is 8.10. The van der Waals surface area contributed by atoms with E-state index in [0.29, 0.717) is 22.5 Å². The van der Waals surface area contributed by atoms with E-state index < -0.39 is 0 Å². The standard InChI is InChI=1S/C25H35N2O2.BrH/c1-4-7-9-13-17-26-21(6-3)27(18-14-10-8-5-2)23-22(26)24(28)19-15-11-12-16-20(19)25(23)29;/h11-12,15-16H,4-10,13-14,17-18H2,1-3H3;1H/q+1;/p-1. The summed E-state index contributed by atoms with van der Waals surface area (Å²) in [6.45, 7) is 8.17. The van der Waals surface area contributed by atoms with Crippen molar-refractivity contribution in [3.05, 3.63) is 52.6 Å². The minimum atomic E-state index is 0. The Balaban J connectivity index is 0.00000320. The number of benzene rings is 1. The Morgan fingerprint density at radius 2 is 1.40 bits per heavy atom. The zero-order chi connectivity index (χ0) is 20.8. The number of carbonyl (C=O) groups is 2. The Morgan fingerprint density at radius 3 is 2.00 bits per heavy atom. The molecule has 0 N–H and O–H groups in total. The highest BCUT2D eigenvalue weighted by atomic mass is 79.9. The van der Waals surface area contributed by atoms with Gasteiger partial charge in [-0.05, 0) is 25.7 Å². The average molecular weight is 475 g/mol. The van der Waals surface area contributed by atoms with Crippen LogP contribution in [0, 0.1) is 0 Å². The first-order chi connectivity index (χ1) is 14.2. The number of nitrogens with zero attached hydrogens (tertiary/aromatic N) is 2. The van der Waals surface area contributed by atoms with Gasteiger partial charge in [0.1, 0.15) is 0 Å². The molecule has 2 aromatic rings. The molecule has 4 nitrogen and oxygen atoms in total. The summed E-state index contributed by atoms with van der Waals surface area (Å²) in [5, 5.41) is 0. The van der Waals surface area contributed by atoms with E-state index in [1.54, 1.807) is 12.1 Å². The van der Waals surface area contributed by atoms with Crippen LogP contribution in [0.3, 0.4) is 0 Å². The molecule has 0 saturated heterocycles. The van der Waals surface area contributed by atoms with Gasteiger partial charge >= 0.3 is 0 Å². The summed E-state index contributed by atoms with van der Waals surface area (Å²) in [7, 11) is 0. The maximum absolute atomic E-state index is 13.4. The molecule has 5 heteroatoms. The highest BCUT2D eigenvalue weighted by Gasteiger charge is 2.43. The molecule has 0 spiro atoms. The molecule has 0 aliphatic heterocycles. The molecule has 0 saturated carbocycles. The number of unbranched alkanes of at least 4 members (excludes halogenated alkanes) is 6. The number of hydrogen-bond donors (Lipinski definition) is 0. The van der Waals surface area contributed by atoms with Gasteiger partial charge in [0.15, 0.2) is 0 Å². The highest BCUT2D eigenvalue weighted by Crippen LogP contribution is 2.28. The lowest BCUT2D eigenvalue weighted by molar-refractivity contribution is -0.705. The highest BCUT2D eigenvalue weighted by molar-refractivity contribution is 6.26. The fourth-order valence-electron chi connectivity index (χ4n) is 4.51. The largest absolute Gasteiger partial charge is 1.00 e. The summed E-state index contributed by atoms with van der Waals surface area (Å²) in [4.78, 5) is 26.9. The van der Waals surface area contributed by atoms with E-state index in [4.69, 9.17) is 0 Å². The van der Waals surface area contributed by atoms with Crippen LogP contribution in [0.15, 0.2) is 24.3 Å². The second-order valence-corrected chi connectivity index (χ2v) is 8.10. The van der Waals surface area contributed by atoms with E-state index >= 15 is 0 Å². The number of rotatable bonds is 11. The third-order valence-electron chi connectivity index (χ3n) is 6.02. The number of carbonyl (C=O) groups excluding carboxylic acids is 2. The summed E-state index contributed by atoms with van der Waals surface area (Å²) in [5.74, 6) is 1.14. The predicted octanol–water partition coefficient (Wildman–Crippen LogP) is 2.28. The van der Waals surface area contributed by atoms with Gasteiger partial charge in [-0.25, -0.2) is 9.13 Å². The first kappa shape index (κ1) is 24.5. The Labute approximate surface area is 191 Å². The summed E-state index contributed by atoms with van der Waals surface area (Å²) < 4.78 is 4.34. The zero-order valence-electron chi connectivity index (χ0n) is 18.7. The van der Waals surface area contributed by atoms with Gasteiger partial charge in [-0.3, -0.25) is 9.59 Å². The predicted molar refractivity (Wildman–Crippen MR) is 116 cm³/mol. The molecule has 0 amide bonds. The Morgan fingerprint density at radius 1 is 0.800 bits per heavy atom. The van der Waals surface area contributed by atoms with Crippen LogP contribution in [0.2, 0.25) is 0 Å². The van der Waals surface area contributed by atoms with Gasteiger partial charge in [0.25, 0.3) is 5.82 Å². The third kappa shape index (κ3) is 4.77. The van der Waals surface area contributed by atoms with Gasteiger partial charge < -0.3 is 17.0 Å². The lowest BCUT2D eigenvalue weighted by Gasteiger charge is -2.13. The molecule has 1 aliphatic carbocycles. The lowest BCUT2D eigenvalue weighted by atomic mass is 9.90. The van der Waals surface area contributed by atoms with Gasteiger partial charge in [0, 0.05) is 17.5 Å². The zero-order valence-corrected chi connectivity index (χ0v) is 20.3. The minimum absolute atomic E-state index is 0. The quantitative estimate of drug-likeness (QED) is 0.316. The number of ketones is 2. The molecule has 164 valence electrons. The molecule has 30 heavy (non-hydrogen) atoms. The summed E-state index contributed by atoms with van der Waals surface area (Å²) in [6, 6.07) is 7.29. The molecule has 0 radical (unpaired) electrons. The van der Waals surface area contributed by atoms with Gasteiger partial charge in [-0.2, -0.15) is 0 Å². The van der Waals surface area contributed by atoms with Crippen molar-refractivity contribution in [2.45, 2.75) is 91.6 Å². The van der Waals surface area contributed by atoms with Crippen molar-refractivity contribution in [2.24, 2.45) is 0 Å². The van der Waals surface area contributed by atoms with Crippen LogP contribution in [0.4, 0.5) is 0 Å². The Hall–Kier alpha value is -1.75. The molecular weight excluding hydrogens is 440 g/mol. The van der Waals surface area contributed by atoms with Crippen molar-refractivity contribution < 1.29 is 31.1 Å². The number of fused-ring (bicyclic) bond motifs is 2. The van der Waals surface area contributed by atoms with Crippen LogP contribution in [0.25, 0.3) is 0 Å². The van der Waals surface area contributed by atoms with E-state index in [-0.39, 0.29) is 28.5 Å². The molecule has 0 atom stereocenters. The number of hydrogen-bond acceptors (Lipinski definition) is 2. The minimum Gasteiger partial charge on any atom is -1.00 e. The van der Waals surface area contributed by atoms with Crippen LogP contribution < -0.4 is 21.5 Å². The van der Waals surface area contributed by atoms with Gasteiger partial charge in [0.2, 0.25) is 23.0 Å². The Kier molecular flexibility index (Phi) is 9.47. The van der Waals surface area contributed by atoms with Gasteiger partial charge in [-0.1, -0.05) is 70.7 Å². The molecule has 0 bridgehead atoms. The second kappa shape index (κ2) is 11.6. The van der Waals surface area contributed by atoms with Gasteiger partial charge in [-0.15, -0.1) is 0 Å². The van der Waals surface area contributed by atoms with E-state index in [1.807, 2.05) is 12.1 Å². The van der Waals surface area contributed by atoms with E-state index in [1.165, 1.54) is 25.7 Å². The number of aromatic nitrogens is 2. The normalized spacial score (nSPS) is 12.5. The smallest absolute Gasteiger partial charge is 0.257 e. The van der Waals surface area contributed by atoms with Crippen molar-refractivity contribution in [1.29, 1.82) is 0 Å². The average Bonchev–Trinajstić information content (AvgIpc) is 3.06. The first-order valence-corrected chi connectivity index (χ1v) is 11.5. The van der Waals surface area contributed by atoms with Crippen LogP contribution >= 0.6 is 0 Å². The molecule has 1 heterocycles. The van der Waals surface area contributed by atoms with E-state index in [0.717, 1.165) is 51.0 Å². The number of imidazole rings is 1. The SMILES string of the molecule is CCCCCCn1c2c([n+](CCCCCC)c1CC)C(=O)c1ccccc1C2=O.[Br-]. The van der Waals surface area contributed by atoms with Crippen molar-refractivity contribution in [2.75, 3.05) is 0 Å². The van der Waals surface area contributed by atoms with Crippen molar-refractivity contribution in [3.63, 3.8) is 0 Å². The molecule has 1 aromatic carbocycles. The van der Waals surface area contributed by atoms with Crippen LogP contribution in [0.5, 0.6) is 0 Å². The summed E-state index contributed by atoms with van der Waals surface area (Å²) in [5.41, 5.74) is 2.35. The lowest BCUT2D eigenvalue weighted by Crippen LogP contribution is -3.00. The van der Waals surface area contributed by atoms with E-state index in [9.17, 15) is 9.59 Å². The van der Waals surface area contributed by atoms with Crippen molar-refractivity contribution in [1.82, 2.24) is 4.57 Å². The molecule has 0 unspecified atom stereocenters. The Bertz CT molecular complexity index is 817. The van der Waals surface area contributed by atoms with Crippen LogP contribution in [-0.4, -0.2) is 16.1 Å². The molecular formula is C25H35BrN2O2. The number of halogens is 1. The molecule has 1 aromatic heterocycles. The van der Waals surface area contributed by atoms with Gasteiger partial charge in [0.05, 0.1) is 13.1 Å². The molecule has 1 aliphatic rings. The summed E-state index contributed by atoms with van der Waals surface area (Å²) in [6.07, 6.45) is 10.0.